The van der Waals surface area contributed by atoms with Gasteiger partial charge in [0.15, 0.2) is 0 Å². The second kappa shape index (κ2) is 4.65. The molecule has 5 heteroatoms. The molecule has 0 fully saturated rings. The van der Waals surface area contributed by atoms with Gasteiger partial charge in [-0.05, 0) is 6.07 Å². The third kappa shape index (κ3) is 2.50. The molecule has 0 amide bonds. The highest BCUT2D eigenvalue weighted by molar-refractivity contribution is 5.17. The first-order chi connectivity index (χ1) is 7.75. The van der Waals surface area contributed by atoms with Crippen molar-refractivity contribution in [3.8, 4) is 5.88 Å². The summed E-state index contributed by atoms with van der Waals surface area (Å²) < 4.78 is 30.8. The SMILES string of the molecule is Fc1ccc(OCc2ccccc2F)nn1. The van der Waals surface area contributed by atoms with Crippen molar-refractivity contribution in [2.24, 2.45) is 0 Å². The lowest BCUT2D eigenvalue weighted by molar-refractivity contribution is 0.282. The van der Waals surface area contributed by atoms with Crippen molar-refractivity contribution >= 4 is 0 Å². The van der Waals surface area contributed by atoms with Crippen LogP contribution in [0.1, 0.15) is 5.56 Å². The van der Waals surface area contributed by atoms with Crippen LogP contribution >= 0.6 is 0 Å². The molecule has 0 unspecified atom stereocenters. The van der Waals surface area contributed by atoms with Gasteiger partial charge in [-0.15, -0.1) is 10.2 Å². The zero-order valence-electron chi connectivity index (χ0n) is 8.23. The Kier molecular flexibility index (Phi) is 3.05. The number of hydrogen-bond acceptors (Lipinski definition) is 3. The molecule has 82 valence electrons. The fraction of sp³-hybridized carbons (Fsp3) is 0.0909. The van der Waals surface area contributed by atoms with Gasteiger partial charge in [0.1, 0.15) is 12.4 Å². The lowest BCUT2D eigenvalue weighted by atomic mass is 10.2. The summed E-state index contributed by atoms with van der Waals surface area (Å²) in [4.78, 5) is 0. The van der Waals surface area contributed by atoms with Crippen LogP contribution in [-0.4, -0.2) is 10.2 Å². The van der Waals surface area contributed by atoms with Crippen LogP contribution < -0.4 is 4.74 Å². The van der Waals surface area contributed by atoms with Crippen LogP contribution in [0.4, 0.5) is 8.78 Å². The molecule has 0 atom stereocenters. The Balaban J connectivity index is 2.02. The molecule has 1 aromatic carbocycles. The highest BCUT2D eigenvalue weighted by atomic mass is 19.1. The Morgan fingerprint density at radius 3 is 2.50 bits per heavy atom. The fourth-order valence-corrected chi connectivity index (χ4v) is 1.15. The van der Waals surface area contributed by atoms with E-state index in [2.05, 4.69) is 10.2 Å². The first-order valence-corrected chi connectivity index (χ1v) is 4.61. The van der Waals surface area contributed by atoms with E-state index in [-0.39, 0.29) is 18.3 Å². The van der Waals surface area contributed by atoms with Gasteiger partial charge in [-0.2, -0.15) is 4.39 Å². The first kappa shape index (κ1) is 10.5. The van der Waals surface area contributed by atoms with Gasteiger partial charge in [-0.1, -0.05) is 18.2 Å². The molecule has 3 nitrogen and oxygen atoms in total. The second-order valence-electron chi connectivity index (χ2n) is 3.07. The van der Waals surface area contributed by atoms with Crippen molar-refractivity contribution in [3.05, 3.63) is 53.7 Å². The minimum Gasteiger partial charge on any atom is -0.472 e. The van der Waals surface area contributed by atoms with E-state index in [1.165, 1.54) is 12.1 Å². The number of hydrogen-bond donors (Lipinski definition) is 0. The van der Waals surface area contributed by atoms with E-state index in [1.54, 1.807) is 18.2 Å². The van der Waals surface area contributed by atoms with E-state index in [0.29, 0.717) is 5.56 Å². The zero-order valence-corrected chi connectivity index (χ0v) is 8.23. The van der Waals surface area contributed by atoms with Gasteiger partial charge in [-0.25, -0.2) is 4.39 Å². The monoisotopic (exact) mass is 222 g/mol. The van der Waals surface area contributed by atoms with Crippen molar-refractivity contribution < 1.29 is 13.5 Å². The molecule has 0 aliphatic carbocycles. The molecule has 0 saturated carbocycles. The molecule has 1 heterocycles. The second-order valence-corrected chi connectivity index (χ2v) is 3.07. The molecule has 2 aromatic rings. The maximum Gasteiger partial charge on any atom is 0.233 e. The van der Waals surface area contributed by atoms with E-state index in [9.17, 15) is 8.78 Å². The molecule has 0 N–H and O–H groups in total. The third-order valence-electron chi connectivity index (χ3n) is 1.94. The average molecular weight is 222 g/mol. The number of nitrogens with zero attached hydrogens (tertiary/aromatic N) is 2. The normalized spacial score (nSPS) is 10.1. The van der Waals surface area contributed by atoms with Crippen molar-refractivity contribution in [1.29, 1.82) is 0 Å². The van der Waals surface area contributed by atoms with Crippen molar-refractivity contribution in [2.75, 3.05) is 0 Å². The third-order valence-corrected chi connectivity index (χ3v) is 1.94. The summed E-state index contributed by atoms with van der Waals surface area (Å²) >= 11 is 0. The number of aromatic nitrogens is 2. The topological polar surface area (TPSA) is 35.0 Å². The number of ether oxygens (including phenoxy) is 1. The van der Waals surface area contributed by atoms with E-state index < -0.39 is 5.95 Å². The van der Waals surface area contributed by atoms with Crippen LogP contribution in [0, 0.1) is 11.8 Å². The van der Waals surface area contributed by atoms with Gasteiger partial charge < -0.3 is 4.74 Å². The predicted molar refractivity (Wildman–Crippen MR) is 52.7 cm³/mol. The Hall–Kier alpha value is -2.04. The summed E-state index contributed by atoms with van der Waals surface area (Å²) in [6, 6.07) is 8.71. The van der Waals surface area contributed by atoms with Gasteiger partial charge in [0, 0.05) is 17.7 Å². The summed E-state index contributed by atoms with van der Waals surface area (Å²) in [6.45, 7) is 0.0347. The van der Waals surface area contributed by atoms with Crippen LogP contribution in [0.3, 0.4) is 0 Å². The molecule has 0 aliphatic heterocycles. The first-order valence-electron chi connectivity index (χ1n) is 4.61. The molecule has 16 heavy (non-hydrogen) atoms. The highest BCUT2D eigenvalue weighted by Crippen LogP contribution is 2.11. The maximum atomic E-state index is 13.2. The molecule has 0 saturated heterocycles. The zero-order chi connectivity index (χ0) is 11.4. The molecule has 2 rings (SSSR count). The van der Waals surface area contributed by atoms with E-state index >= 15 is 0 Å². The van der Waals surface area contributed by atoms with E-state index in [1.807, 2.05) is 0 Å². The van der Waals surface area contributed by atoms with Crippen molar-refractivity contribution in [2.45, 2.75) is 6.61 Å². The van der Waals surface area contributed by atoms with Gasteiger partial charge in [0.2, 0.25) is 11.8 Å². The molecular weight excluding hydrogens is 214 g/mol. The van der Waals surface area contributed by atoms with Gasteiger partial charge >= 0.3 is 0 Å². The van der Waals surface area contributed by atoms with E-state index in [4.69, 9.17) is 4.74 Å². The van der Waals surface area contributed by atoms with Crippen LogP contribution in [0.15, 0.2) is 36.4 Å². The van der Waals surface area contributed by atoms with Crippen LogP contribution in [0.5, 0.6) is 5.88 Å². The minimum atomic E-state index is -0.682. The van der Waals surface area contributed by atoms with Crippen LogP contribution in [0.25, 0.3) is 0 Å². The largest absolute Gasteiger partial charge is 0.472 e. The fourth-order valence-electron chi connectivity index (χ4n) is 1.15. The lowest BCUT2D eigenvalue weighted by Gasteiger charge is -2.04. The molecule has 0 aliphatic rings. The van der Waals surface area contributed by atoms with Gasteiger partial charge in [0.05, 0.1) is 0 Å². The Labute approximate surface area is 90.7 Å². The molecular formula is C11H8F2N2O. The average Bonchev–Trinajstić information content (AvgIpc) is 2.30. The molecule has 0 spiro atoms. The Morgan fingerprint density at radius 1 is 1.00 bits per heavy atom. The Bertz CT molecular complexity index is 474. The van der Waals surface area contributed by atoms with Gasteiger partial charge in [-0.3, -0.25) is 0 Å². The summed E-state index contributed by atoms with van der Waals surface area (Å²) in [5.74, 6) is -0.875. The van der Waals surface area contributed by atoms with Crippen molar-refractivity contribution in [3.63, 3.8) is 0 Å². The van der Waals surface area contributed by atoms with Crippen LogP contribution in [-0.2, 0) is 6.61 Å². The Morgan fingerprint density at radius 2 is 1.81 bits per heavy atom. The number of rotatable bonds is 3. The standard InChI is InChI=1S/C11H8F2N2O/c12-9-4-2-1-3-8(9)7-16-11-6-5-10(13)14-15-11/h1-6H,7H2. The predicted octanol–water partition coefficient (Wildman–Crippen LogP) is 2.33. The summed E-state index contributed by atoms with van der Waals surface area (Å²) in [6.07, 6.45) is 0. The number of halogens is 2. The minimum absolute atomic E-state index is 0.0347. The van der Waals surface area contributed by atoms with Crippen molar-refractivity contribution in [1.82, 2.24) is 10.2 Å². The molecule has 0 radical (unpaired) electrons. The molecule has 0 bridgehead atoms. The highest BCUT2D eigenvalue weighted by Gasteiger charge is 2.02. The summed E-state index contributed by atoms with van der Waals surface area (Å²) in [5, 5.41) is 6.63. The lowest BCUT2D eigenvalue weighted by Crippen LogP contribution is -2.00. The summed E-state index contributed by atoms with van der Waals surface area (Å²) in [7, 11) is 0. The smallest absolute Gasteiger partial charge is 0.233 e. The summed E-state index contributed by atoms with van der Waals surface area (Å²) in [5.41, 5.74) is 0.411. The molecule has 1 aromatic heterocycles. The van der Waals surface area contributed by atoms with Crippen LogP contribution in [0.2, 0.25) is 0 Å². The van der Waals surface area contributed by atoms with Gasteiger partial charge in [0.25, 0.3) is 0 Å². The maximum absolute atomic E-state index is 13.2. The quantitative estimate of drug-likeness (QED) is 0.799. The van der Waals surface area contributed by atoms with E-state index in [0.717, 1.165) is 6.07 Å². The number of benzene rings is 1.